The van der Waals surface area contributed by atoms with Crippen molar-refractivity contribution >= 4 is 33.3 Å². The van der Waals surface area contributed by atoms with Crippen LogP contribution in [0.1, 0.15) is 46.2 Å². The smallest absolute Gasteiger partial charge is 0.243 e. The van der Waals surface area contributed by atoms with Crippen LogP contribution in [-0.4, -0.2) is 41.5 Å². The fourth-order valence-corrected chi connectivity index (χ4v) is 4.90. The monoisotopic (exact) mass is 502 g/mol. The molecular weight excluding hydrogens is 472 g/mol. The SMILES string of the molecule is CCCCN(CC(=O)Nc1cc(C(C)(C)C)nn1-c1ccc(Cl)cc1)S(=O)(=O)c1ccccc1. The molecule has 9 heteroatoms. The summed E-state index contributed by atoms with van der Waals surface area (Å²) in [6.45, 7) is 8.04. The number of halogens is 1. The van der Waals surface area contributed by atoms with Crippen molar-refractivity contribution in [3.63, 3.8) is 0 Å². The molecule has 0 spiro atoms. The molecule has 34 heavy (non-hydrogen) atoms. The first kappa shape index (κ1) is 25.9. The van der Waals surface area contributed by atoms with Crippen LogP contribution in [0.25, 0.3) is 5.69 Å². The number of benzene rings is 2. The Bertz CT molecular complexity index is 1220. The normalized spacial score (nSPS) is 12.2. The van der Waals surface area contributed by atoms with Gasteiger partial charge in [-0.05, 0) is 42.8 Å². The Kier molecular flexibility index (Phi) is 8.17. The second-order valence-electron chi connectivity index (χ2n) is 9.11. The number of carbonyl (C=O) groups is 1. The highest BCUT2D eigenvalue weighted by molar-refractivity contribution is 7.89. The largest absolute Gasteiger partial charge is 0.309 e. The number of hydrogen-bond donors (Lipinski definition) is 1. The standard InChI is InChI=1S/C25H31ClN4O3S/c1-5-6-16-29(34(32,33)21-10-8-7-9-11-21)18-24(31)27-23-17-22(25(2,3)4)28-30(23)20-14-12-19(26)13-15-20/h7-15,17H,5-6,16,18H2,1-4H3,(H,27,31). The van der Waals surface area contributed by atoms with Crippen molar-refractivity contribution < 1.29 is 13.2 Å². The summed E-state index contributed by atoms with van der Waals surface area (Å²) >= 11 is 6.03. The molecule has 1 aromatic heterocycles. The molecule has 0 saturated carbocycles. The van der Waals surface area contributed by atoms with Gasteiger partial charge in [-0.3, -0.25) is 4.79 Å². The Morgan fingerprint density at radius 3 is 2.32 bits per heavy atom. The van der Waals surface area contributed by atoms with Crippen molar-refractivity contribution in [1.29, 1.82) is 0 Å². The third-order valence-corrected chi connectivity index (χ3v) is 7.39. The van der Waals surface area contributed by atoms with Gasteiger partial charge in [0.05, 0.1) is 22.8 Å². The zero-order chi connectivity index (χ0) is 24.9. The van der Waals surface area contributed by atoms with Crippen LogP contribution in [0.3, 0.4) is 0 Å². The molecule has 182 valence electrons. The molecular formula is C25H31ClN4O3S. The van der Waals surface area contributed by atoms with E-state index in [1.807, 2.05) is 45.9 Å². The number of hydrogen-bond acceptors (Lipinski definition) is 4. The van der Waals surface area contributed by atoms with E-state index in [1.54, 1.807) is 35.0 Å². The van der Waals surface area contributed by atoms with E-state index >= 15 is 0 Å². The summed E-state index contributed by atoms with van der Waals surface area (Å²) in [5.74, 6) is 0.0241. The van der Waals surface area contributed by atoms with E-state index in [1.165, 1.54) is 16.4 Å². The van der Waals surface area contributed by atoms with E-state index in [4.69, 9.17) is 11.6 Å². The number of carbonyl (C=O) groups excluding carboxylic acids is 1. The van der Waals surface area contributed by atoms with Crippen molar-refractivity contribution in [2.75, 3.05) is 18.4 Å². The maximum Gasteiger partial charge on any atom is 0.243 e. The number of unbranched alkanes of at least 4 members (excludes halogenated alkanes) is 1. The molecule has 3 rings (SSSR count). The Morgan fingerprint density at radius 1 is 1.09 bits per heavy atom. The second kappa shape index (κ2) is 10.7. The Balaban J connectivity index is 1.89. The van der Waals surface area contributed by atoms with Crippen LogP contribution in [-0.2, 0) is 20.2 Å². The van der Waals surface area contributed by atoms with Crippen molar-refractivity contribution in [3.8, 4) is 5.69 Å². The molecule has 0 unspecified atom stereocenters. The summed E-state index contributed by atoms with van der Waals surface area (Å²) in [6, 6.07) is 17.1. The van der Waals surface area contributed by atoms with Gasteiger partial charge in [0.25, 0.3) is 0 Å². The summed E-state index contributed by atoms with van der Waals surface area (Å²) in [7, 11) is -3.81. The van der Waals surface area contributed by atoms with E-state index < -0.39 is 15.9 Å². The Labute approximate surface area is 206 Å². The van der Waals surface area contributed by atoms with Gasteiger partial charge in [0.2, 0.25) is 15.9 Å². The lowest BCUT2D eigenvalue weighted by Crippen LogP contribution is -2.38. The molecule has 0 atom stereocenters. The number of sulfonamides is 1. The summed E-state index contributed by atoms with van der Waals surface area (Å²) < 4.78 is 29.3. The van der Waals surface area contributed by atoms with E-state index in [9.17, 15) is 13.2 Å². The number of amides is 1. The summed E-state index contributed by atoms with van der Waals surface area (Å²) in [5, 5.41) is 8.15. The lowest BCUT2D eigenvalue weighted by atomic mass is 9.92. The minimum atomic E-state index is -3.81. The molecule has 1 amide bonds. The molecule has 0 aliphatic rings. The van der Waals surface area contributed by atoms with Crippen molar-refractivity contribution in [2.45, 2.75) is 50.8 Å². The first-order valence-corrected chi connectivity index (χ1v) is 13.1. The highest BCUT2D eigenvalue weighted by Crippen LogP contribution is 2.27. The number of nitrogens with zero attached hydrogens (tertiary/aromatic N) is 3. The second-order valence-corrected chi connectivity index (χ2v) is 11.5. The molecule has 0 saturated heterocycles. The number of rotatable bonds is 9. The topological polar surface area (TPSA) is 84.3 Å². The van der Waals surface area contributed by atoms with Gasteiger partial charge in [0.15, 0.2) is 0 Å². The molecule has 7 nitrogen and oxygen atoms in total. The fraction of sp³-hybridized carbons (Fsp3) is 0.360. The maximum atomic E-state index is 13.2. The zero-order valence-electron chi connectivity index (χ0n) is 20.0. The lowest BCUT2D eigenvalue weighted by molar-refractivity contribution is -0.116. The predicted octanol–water partition coefficient (Wildman–Crippen LogP) is 5.25. The number of aromatic nitrogens is 2. The van der Waals surface area contributed by atoms with Gasteiger partial charge in [0.1, 0.15) is 5.82 Å². The Morgan fingerprint density at radius 2 is 1.74 bits per heavy atom. The van der Waals surface area contributed by atoms with Gasteiger partial charge in [0, 0.05) is 23.0 Å². The number of anilines is 1. The Hall–Kier alpha value is -2.68. The van der Waals surface area contributed by atoms with Crippen LogP contribution < -0.4 is 5.32 Å². The van der Waals surface area contributed by atoms with Gasteiger partial charge in [-0.1, -0.05) is 63.9 Å². The first-order chi connectivity index (χ1) is 16.0. The van der Waals surface area contributed by atoms with Crippen molar-refractivity contribution in [1.82, 2.24) is 14.1 Å². The maximum absolute atomic E-state index is 13.2. The molecule has 0 aliphatic heterocycles. The summed E-state index contributed by atoms with van der Waals surface area (Å²) in [5.41, 5.74) is 1.27. The molecule has 2 aromatic carbocycles. The molecule has 0 fully saturated rings. The predicted molar refractivity (Wildman–Crippen MR) is 136 cm³/mol. The molecule has 0 bridgehead atoms. The number of nitrogens with one attached hydrogen (secondary N) is 1. The molecule has 1 N–H and O–H groups in total. The van der Waals surface area contributed by atoms with Gasteiger partial charge < -0.3 is 5.32 Å². The minimum absolute atomic E-state index is 0.167. The van der Waals surface area contributed by atoms with Crippen LogP contribution in [0, 0.1) is 0 Å². The van der Waals surface area contributed by atoms with E-state index in [0.29, 0.717) is 17.3 Å². The summed E-state index contributed by atoms with van der Waals surface area (Å²) in [6.07, 6.45) is 1.46. The van der Waals surface area contributed by atoms with E-state index in [0.717, 1.165) is 17.8 Å². The first-order valence-electron chi connectivity index (χ1n) is 11.2. The average molecular weight is 503 g/mol. The quantitative estimate of drug-likeness (QED) is 0.433. The van der Waals surface area contributed by atoms with Crippen LogP contribution in [0.5, 0.6) is 0 Å². The minimum Gasteiger partial charge on any atom is -0.309 e. The van der Waals surface area contributed by atoms with E-state index in [-0.39, 0.29) is 23.4 Å². The highest BCUT2D eigenvalue weighted by atomic mass is 35.5. The zero-order valence-corrected chi connectivity index (χ0v) is 21.5. The van der Waals surface area contributed by atoms with Gasteiger partial charge in [-0.15, -0.1) is 0 Å². The van der Waals surface area contributed by atoms with Crippen LogP contribution in [0.15, 0.2) is 65.6 Å². The highest BCUT2D eigenvalue weighted by Gasteiger charge is 2.27. The van der Waals surface area contributed by atoms with Crippen LogP contribution >= 0.6 is 11.6 Å². The third-order valence-electron chi connectivity index (χ3n) is 5.28. The molecule has 0 radical (unpaired) electrons. The third kappa shape index (κ3) is 6.25. The van der Waals surface area contributed by atoms with Crippen LogP contribution in [0.4, 0.5) is 5.82 Å². The van der Waals surface area contributed by atoms with Gasteiger partial charge in [-0.2, -0.15) is 9.40 Å². The fourth-order valence-electron chi connectivity index (χ4n) is 3.32. The van der Waals surface area contributed by atoms with E-state index in [2.05, 4.69) is 10.4 Å². The van der Waals surface area contributed by atoms with Gasteiger partial charge in [-0.25, -0.2) is 13.1 Å². The van der Waals surface area contributed by atoms with Crippen molar-refractivity contribution in [3.05, 3.63) is 71.4 Å². The average Bonchev–Trinajstić information content (AvgIpc) is 3.22. The lowest BCUT2D eigenvalue weighted by Gasteiger charge is -2.21. The van der Waals surface area contributed by atoms with Crippen LogP contribution in [0.2, 0.25) is 5.02 Å². The molecule has 0 aliphatic carbocycles. The molecule has 1 heterocycles. The van der Waals surface area contributed by atoms with Gasteiger partial charge >= 0.3 is 0 Å². The summed E-state index contributed by atoms with van der Waals surface area (Å²) in [4.78, 5) is 13.2. The molecule has 3 aromatic rings. The van der Waals surface area contributed by atoms with Crippen molar-refractivity contribution in [2.24, 2.45) is 0 Å².